The summed E-state index contributed by atoms with van der Waals surface area (Å²) in [7, 11) is 0. The Morgan fingerprint density at radius 3 is 1.07 bits per heavy atom. The summed E-state index contributed by atoms with van der Waals surface area (Å²) in [5.41, 5.74) is 17.3. The SMILES string of the molecule is NC(c1ccccc1)c1ccc(Sc2ccc(C(N)c3ccccc3)cc2)cc1. The van der Waals surface area contributed by atoms with Crippen LogP contribution in [0.5, 0.6) is 0 Å². The minimum Gasteiger partial charge on any atom is -0.320 e. The molecule has 3 heteroatoms. The van der Waals surface area contributed by atoms with E-state index in [4.69, 9.17) is 11.5 Å². The van der Waals surface area contributed by atoms with Gasteiger partial charge in [-0.05, 0) is 46.5 Å². The van der Waals surface area contributed by atoms with E-state index in [0.717, 1.165) is 22.3 Å². The molecule has 2 atom stereocenters. The lowest BCUT2D eigenvalue weighted by Crippen LogP contribution is -2.11. The molecule has 0 aliphatic rings. The molecule has 144 valence electrons. The van der Waals surface area contributed by atoms with Crippen LogP contribution in [0.15, 0.2) is 119 Å². The van der Waals surface area contributed by atoms with Crippen LogP contribution in [0.4, 0.5) is 0 Å². The average Bonchev–Trinajstić information content (AvgIpc) is 2.80. The van der Waals surface area contributed by atoms with Crippen LogP contribution in [0.1, 0.15) is 34.3 Å². The third kappa shape index (κ3) is 4.77. The standard InChI is InChI=1S/C26H24N2S/c27-25(19-7-3-1-4-8-19)21-11-15-23(16-12-21)29-24-17-13-22(14-18-24)26(28)20-9-5-2-6-10-20/h1-18,25-26H,27-28H2. The Labute approximate surface area is 176 Å². The summed E-state index contributed by atoms with van der Waals surface area (Å²) in [6.07, 6.45) is 0. The van der Waals surface area contributed by atoms with Gasteiger partial charge in [-0.1, -0.05) is 96.7 Å². The lowest BCUT2D eigenvalue weighted by Gasteiger charge is -2.14. The lowest BCUT2D eigenvalue weighted by molar-refractivity contribution is 0.869. The number of benzene rings is 4. The molecule has 0 amide bonds. The van der Waals surface area contributed by atoms with Crippen LogP contribution in [-0.2, 0) is 0 Å². The molecule has 4 N–H and O–H groups in total. The lowest BCUT2D eigenvalue weighted by atomic mass is 10.00. The second kappa shape index (κ2) is 9.10. The molecule has 4 rings (SSSR count). The molecule has 0 radical (unpaired) electrons. The number of hydrogen-bond acceptors (Lipinski definition) is 3. The van der Waals surface area contributed by atoms with Crippen molar-refractivity contribution in [3.05, 3.63) is 131 Å². The van der Waals surface area contributed by atoms with E-state index in [-0.39, 0.29) is 12.1 Å². The summed E-state index contributed by atoms with van der Waals surface area (Å²) in [5, 5.41) is 0. The summed E-state index contributed by atoms with van der Waals surface area (Å²) in [5.74, 6) is 0. The first-order valence-electron chi connectivity index (χ1n) is 9.69. The molecule has 0 aliphatic heterocycles. The fourth-order valence-electron chi connectivity index (χ4n) is 3.33. The van der Waals surface area contributed by atoms with E-state index in [9.17, 15) is 0 Å². The summed E-state index contributed by atoms with van der Waals surface area (Å²) in [4.78, 5) is 2.38. The Morgan fingerprint density at radius 1 is 0.414 bits per heavy atom. The van der Waals surface area contributed by atoms with E-state index >= 15 is 0 Å². The second-order valence-corrected chi connectivity index (χ2v) is 8.16. The molecule has 0 aliphatic carbocycles. The molecular formula is C26H24N2S. The predicted molar refractivity (Wildman–Crippen MR) is 122 cm³/mol. The Hall–Kier alpha value is -2.85. The van der Waals surface area contributed by atoms with E-state index < -0.39 is 0 Å². The Balaban J connectivity index is 1.43. The van der Waals surface area contributed by atoms with E-state index in [0.29, 0.717) is 0 Å². The van der Waals surface area contributed by atoms with Crippen LogP contribution >= 0.6 is 11.8 Å². The maximum Gasteiger partial charge on any atom is 0.0551 e. The zero-order valence-electron chi connectivity index (χ0n) is 16.1. The monoisotopic (exact) mass is 396 g/mol. The fourth-order valence-corrected chi connectivity index (χ4v) is 4.14. The number of nitrogens with two attached hydrogens (primary N) is 2. The van der Waals surface area contributed by atoms with E-state index in [1.54, 1.807) is 11.8 Å². The van der Waals surface area contributed by atoms with Gasteiger partial charge in [-0.2, -0.15) is 0 Å². The molecule has 0 heterocycles. The minimum atomic E-state index is -0.103. The van der Waals surface area contributed by atoms with Crippen molar-refractivity contribution in [2.45, 2.75) is 21.9 Å². The van der Waals surface area contributed by atoms with Gasteiger partial charge in [-0.15, -0.1) is 0 Å². The highest BCUT2D eigenvalue weighted by Crippen LogP contribution is 2.30. The molecule has 0 spiro atoms. The molecule has 0 bridgehead atoms. The highest BCUT2D eigenvalue weighted by Gasteiger charge is 2.10. The zero-order valence-corrected chi connectivity index (χ0v) is 16.9. The van der Waals surface area contributed by atoms with Crippen LogP contribution < -0.4 is 11.5 Å². The van der Waals surface area contributed by atoms with Gasteiger partial charge < -0.3 is 11.5 Å². The largest absolute Gasteiger partial charge is 0.320 e. The first-order valence-corrected chi connectivity index (χ1v) is 10.5. The molecule has 4 aromatic carbocycles. The molecule has 0 saturated carbocycles. The topological polar surface area (TPSA) is 52.0 Å². The molecule has 0 aromatic heterocycles. The third-order valence-electron chi connectivity index (χ3n) is 5.03. The van der Waals surface area contributed by atoms with Gasteiger partial charge in [0, 0.05) is 9.79 Å². The van der Waals surface area contributed by atoms with Gasteiger partial charge in [-0.3, -0.25) is 0 Å². The fraction of sp³-hybridized carbons (Fsp3) is 0.0769. The van der Waals surface area contributed by atoms with Gasteiger partial charge in [0.05, 0.1) is 12.1 Å². The second-order valence-electron chi connectivity index (χ2n) is 7.02. The van der Waals surface area contributed by atoms with Crippen LogP contribution in [0.25, 0.3) is 0 Å². The van der Waals surface area contributed by atoms with Crippen molar-refractivity contribution in [2.24, 2.45) is 11.5 Å². The van der Waals surface area contributed by atoms with Gasteiger partial charge in [-0.25, -0.2) is 0 Å². The van der Waals surface area contributed by atoms with Gasteiger partial charge in [0.1, 0.15) is 0 Å². The van der Waals surface area contributed by atoms with E-state index in [1.165, 1.54) is 9.79 Å². The minimum absolute atomic E-state index is 0.103. The summed E-state index contributed by atoms with van der Waals surface area (Å²) < 4.78 is 0. The van der Waals surface area contributed by atoms with Crippen molar-refractivity contribution in [3.63, 3.8) is 0 Å². The molecule has 0 saturated heterocycles. The van der Waals surface area contributed by atoms with Gasteiger partial charge in [0.15, 0.2) is 0 Å². The normalized spacial score (nSPS) is 13.0. The zero-order chi connectivity index (χ0) is 20.1. The Bertz CT molecular complexity index is 943. The Morgan fingerprint density at radius 2 is 0.724 bits per heavy atom. The third-order valence-corrected chi connectivity index (χ3v) is 6.05. The molecule has 0 fully saturated rings. The predicted octanol–water partition coefficient (Wildman–Crippen LogP) is 5.93. The van der Waals surface area contributed by atoms with Gasteiger partial charge >= 0.3 is 0 Å². The van der Waals surface area contributed by atoms with Crippen molar-refractivity contribution in [3.8, 4) is 0 Å². The van der Waals surface area contributed by atoms with Crippen LogP contribution in [0.2, 0.25) is 0 Å². The van der Waals surface area contributed by atoms with Crippen molar-refractivity contribution in [1.82, 2.24) is 0 Å². The van der Waals surface area contributed by atoms with Crippen molar-refractivity contribution in [1.29, 1.82) is 0 Å². The van der Waals surface area contributed by atoms with E-state index in [1.807, 2.05) is 36.4 Å². The highest BCUT2D eigenvalue weighted by atomic mass is 32.2. The smallest absolute Gasteiger partial charge is 0.0551 e. The van der Waals surface area contributed by atoms with Crippen LogP contribution in [0, 0.1) is 0 Å². The first kappa shape index (κ1) is 19.5. The molecule has 2 unspecified atom stereocenters. The van der Waals surface area contributed by atoms with Crippen LogP contribution in [-0.4, -0.2) is 0 Å². The maximum atomic E-state index is 6.39. The first-order chi connectivity index (χ1) is 14.2. The van der Waals surface area contributed by atoms with Gasteiger partial charge in [0.25, 0.3) is 0 Å². The molecule has 4 aromatic rings. The van der Waals surface area contributed by atoms with Crippen molar-refractivity contribution < 1.29 is 0 Å². The summed E-state index contributed by atoms with van der Waals surface area (Å²) in [6, 6.07) is 37.1. The van der Waals surface area contributed by atoms with Crippen molar-refractivity contribution >= 4 is 11.8 Å². The number of rotatable bonds is 6. The molecule has 2 nitrogen and oxygen atoms in total. The summed E-state index contributed by atoms with van der Waals surface area (Å²) in [6.45, 7) is 0. The average molecular weight is 397 g/mol. The van der Waals surface area contributed by atoms with Gasteiger partial charge in [0.2, 0.25) is 0 Å². The van der Waals surface area contributed by atoms with Crippen molar-refractivity contribution in [2.75, 3.05) is 0 Å². The van der Waals surface area contributed by atoms with Crippen LogP contribution in [0.3, 0.4) is 0 Å². The quantitative estimate of drug-likeness (QED) is 0.424. The molecular weight excluding hydrogens is 372 g/mol. The summed E-state index contributed by atoms with van der Waals surface area (Å²) >= 11 is 1.74. The number of hydrogen-bond donors (Lipinski definition) is 2. The van der Waals surface area contributed by atoms with E-state index in [2.05, 4.69) is 72.8 Å². The Kier molecular flexibility index (Phi) is 6.11. The maximum absolute atomic E-state index is 6.39. The highest BCUT2D eigenvalue weighted by molar-refractivity contribution is 7.99. The molecule has 29 heavy (non-hydrogen) atoms.